The minimum atomic E-state index is 0. The van der Waals surface area contributed by atoms with Crippen molar-refractivity contribution in [3.05, 3.63) is 47.3 Å². The van der Waals surface area contributed by atoms with Gasteiger partial charge in [-0.2, -0.15) is 0 Å². The summed E-state index contributed by atoms with van der Waals surface area (Å²) in [5.74, 6) is 2.87. The lowest BCUT2D eigenvalue weighted by molar-refractivity contribution is 0.279. The highest BCUT2D eigenvalue weighted by molar-refractivity contribution is 14.0. The van der Waals surface area contributed by atoms with Gasteiger partial charge in [0.05, 0.1) is 12.2 Å². The van der Waals surface area contributed by atoms with E-state index in [1.807, 2.05) is 44.3 Å². The number of aryl methyl sites for hydroxylation is 1. The van der Waals surface area contributed by atoms with Crippen LogP contribution in [0, 0.1) is 6.92 Å². The Labute approximate surface area is 179 Å². The first-order valence-corrected chi connectivity index (χ1v) is 9.14. The Kier molecular flexibility index (Phi) is 10.2. The molecule has 0 unspecified atom stereocenters. The van der Waals surface area contributed by atoms with Crippen LogP contribution in [0.4, 0.5) is 0 Å². The number of halogens is 1. The quantitative estimate of drug-likeness (QED) is 0.344. The van der Waals surface area contributed by atoms with Crippen molar-refractivity contribution in [2.45, 2.75) is 40.2 Å². The smallest absolute Gasteiger partial charge is 0.194 e. The van der Waals surface area contributed by atoms with Crippen LogP contribution in [0.1, 0.15) is 43.7 Å². The fourth-order valence-corrected chi connectivity index (χ4v) is 2.41. The Morgan fingerprint density at radius 3 is 2.70 bits per heavy atom. The fraction of sp³-hybridized carbons (Fsp3) is 0.500. The van der Waals surface area contributed by atoms with E-state index in [-0.39, 0.29) is 24.0 Å². The molecule has 7 heteroatoms. The second-order valence-corrected chi connectivity index (χ2v) is 6.58. The van der Waals surface area contributed by atoms with Crippen LogP contribution in [0.3, 0.4) is 0 Å². The maximum absolute atomic E-state index is 5.88. The van der Waals surface area contributed by atoms with Gasteiger partial charge in [-0.15, -0.1) is 24.0 Å². The van der Waals surface area contributed by atoms with E-state index in [1.54, 1.807) is 0 Å². The summed E-state index contributed by atoms with van der Waals surface area (Å²) in [7, 11) is 2.00. The van der Waals surface area contributed by atoms with E-state index in [1.165, 1.54) is 0 Å². The molecule has 0 bridgehead atoms. The first-order valence-electron chi connectivity index (χ1n) is 9.14. The molecule has 1 N–H and O–H groups in total. The van der Waals surface area contributed by atoms with E-state index in [9.17, 15) is 0 Å². The maximum Gasteiger partial charge on any atom is 0.194 e. The lowest BCUT2D eigenvalue weighted by Crippen LogP contribution is -2.40. The van der Waals surface area contributed by atoms with Gasteiger partial charge >= 0.3 is 0 Å². The number of benzene rings is 1. The first-order chi connectivity index (χ1) is 12.5. The molecule has 1 heterocycles. The molecule has 6 nitrogen and oxygen atoms in total. The average Bonchev–Trinajstić information content (AvgIpc) is 3.09. The number of likely N-dealkylation sites (N-methyl/N-ethyl adjacent to an activating group) is 1. The number of nitrogens with zero attached hydrogens (tertiary/aromatic N) is 3. The van der Waals surface area contributed by atoms with Gasteiger partial charge in [-0.1, -0.05) is 37.2 Å². The van der Waals surface area contributed by atoms with E-state index in [0.29, 0.717) is 19.1 Å². The molecule has 0 saturated carbocycles. The summed E-state index contributed by atoms with van der Waals surface area (Å²) in [6, 6.07) is 10.0. The highest BCUT2D eigenvalue weighted by atomic mass is 127. The number of ether oxygens (including phenoxy) is 1. The minimum Gasteiger partial charge on any atom is -0.491 e. The molecule has 1 aromatic carbocycles. The predicted molar refractivity (Wildman–Crippen MR) is 120 cm³/mol. The number of aromatic nitrogens is 1. The van der Waals surface area contributed by atoms with Gasteiger partial charge in [-0.3, -0.25) is 0 Å². The van der Waals surface area contributed by atoms with Crippen molar-refractivity contribution in [3.8, 4) is 5.75 Å². The van der Waals surface area contributed by atoms with Gasteiger partial charge in [0.15, 0.2) is 11.7 Å². The van der Waals surface area contributed by atoms with Gasteiger partial charge in [0.2, 0.25) is 0 Å². The lowest BCUT2D eigenvalue weighted by atomic mass is 10.1. The number of para-hydroxylation sites is 1. The van der Waals surface area contributed by atoms with Gasteiger partial charge in [0.25, 0.3) is 0 Å². The molecule has 0 amide bonds. The molecule has 2 aromatic rings. The van der Waals surface area contributed by atoms with Crippen LogP contribution in [0.5, 0.6) is 5.75 Å². The number of hydrogen-bond donors (Lipinski definition) is 1. The molecular formula is C20H31IN4O2. The second-order valence-electron chi connectivity index (χ2n) is 6.58. The van der Waals surface area contributed by atoms with Crippen molar-refractivity contribution in [2.75, 3.05) is 26.7 Å². The largest absolute Gasteiger partial charge is 0.491 e. The summed E-state index contributed by atoms with van der Waals surface area (Å²) in [4.78, 5) is 6.70. The second kappa shape index (κ2) is 11.8. The van der Waals surface area contributed by atoms with E-state index < -0.39 is 0 Å². The predicted octanol–water partition coefficient (Wildman–Crippen LogP) is 4.20. The van der Waals surface area contributed by atoms with E-state index in [2.05, 4.69) is 41.1 Å². The lowest BCUT2D eigenvalue weighted by Gasteiger charge is -2.22. The molecule has 1 aromatic heterocycles. The van der Waals surface area contributed by atoms with Gasteiger partial charge in [0.1, 0.15) is 18.9 Å². The van der Waals surface area contributed by atoms with Crippen molar-refractivity contribution in [3.63, 3.8) is 0 Å². The first kappa shape index (κ1) is 23.3. The van der Waals surface area contributed by atoms with Crippen LogP contribution < -0.4 is 10.1 Å². The third-order valence-electron chi connectivity index (χ3n) is 4.03. The number of hydrogen-bond acceptors (Lipinski definition) is 4. The number of guanidine groups is 1. The normalized spacial score (nSPS) is 11.3. The van der Waals surface area contributed by atoms with Crippen molar-refractivity contribution < 1.29 is 9.26 Å². The van der Waals surface area contributed by atoms with E-state index >= 15 is 0 Å². The van der Waals surface area contributed by atoms with Crippen LogP contribution in [0.2, 0.25) is 0 Å². The monoisotopic (exact) mass is 486 g/mol. The van der Waals surface area contributed by atoms with Crippen LogP contribution in [-0.4, -0.2) is 42.8 Å². The fourth-order valence-electron chi connectivity index (χ4n) is 2.41. The highest BCUT2D eigenvalue weighted by Gasteiger charge is 2.10. The van der Waals surface area contributed by atoms with Gasteiger partial charge in [-0.05, 0) is 31.4 Å². The number of nitrogens with one attached hydrogen (secondary N) is 1. The van der Waals surface area contributed by atoms with Crippen molar-refractivity contribution in [2.24, 2.45) is 4.99 Å². The molecule has 2 rings (SSSR count). The Balaban J connectivity index is 0.00000364. The van der Waals surface area contributed by atoms with Crippen molar-refractivity contribution >= 4 is 29.9 Å². The minimum absolute atomic E-state index is 0. The molecule has 0 aliphatic rings. The molecule has 0 aliphatic carbocycles. The van der Waals surface area contributed by atoms with Gasteiger partial charge in [-0.25, -0.2) is 4.99 Å². The molecule has 0 radical (unpaired) electrons. The van der Waals surface area contributed by atoms with Gasteiger partial charge < -0.3 is 19.5 Å². The summed E-state index contributed by atoms with van der Waals surface area (Å²) < 4.78 is 11.2. The topological polar surface area (TPSA) is 62.9 Å². The molecule has 0 aliphatic heterocycles. The van der Waals surface area contributed by atoms with E-state index in [0.717, 1.165) is 41.8 Å². The Hall–Kier alpha value is -1.77. The van der Waals surface area contributed by atoms with Gasteiger partial charge in [0, 0.05) is 19.7 Å². The Morgan fingerprint density at radius 2 is 2.07 bits per heavy atom. The van der Waals surface area contributed by atoms with Crippen LogP contribution in [0.15, 0.2) is 39.8 Å². The zero-order chi connectivity index (χ0) is 18.9. The average molecular weight is 486 g/mol. The molecule has 27 heavy (non-hydrogen) atoms. The third-order valence-corrected chi connectivity index (χ3v) is 4.03. The number of aliphatic imine (C=N–C) groups is 1. The SMILES string of the molecule is CCNC(=NCc1cc(C(C)C)no1)N(C)CCOc1ccccc1C.I. The summed E-state index contributed by atoms with van der Waals surface area (Å²) in [5.41, 5.74) is 2.10. The third kappa shape index (κ3) is 7.40. The Bertz CT molecular complexity index is 716. The van der Waals surface area contributed by atoms with Crippen LogP contribution in [-0.2, 0) is 6.54 Å². The summed E-state index contributed by atoms with van der Waals surface area (Å²) in [5, 5.41) is 7.38. The Morgan fingerprint density at radius 1 is 1.33 bits per heavy atom. The summed E-state index contributed by atoms with van der Waals surface area (Å²) in [6.07, 6.45) is 0. The molecule has 0 fully saturated rings. The molecular weight excluding hydrogens is 455 g/mol. The molecule has 0 spiro atoms. The van der Waals surface area contributed by atoms with E-state index in [4.69, 9.17) is 9.26 Å². The maximum atomic E-state index is 5.88. The summed E-state index contributed by atoms with van der Waals surface area (Å²) in [6.45, 7) is 10.9. The van der Waals surface area contributed by atoms with Crippen molar-refractivity contribution in [1.82, 2.24) is 15.4 Å². The standard InChI is InChI=1S/C20H30N4O2.HI/c1-6-21-20(22-14-17-13-18(15(2)3)23-26-17)24(5)11-12-25-19-10-8-7-9-16(19)4;/h7-10,13,15H,6,11-12,14H2,1-5H3,(H,21,22);1H. The van der Waals surface area contributed by atoms with Crippen LogP contribution in [0.25, 0.3) is 0 Å². The van der Waals surface area contributed by atoms with Crippen molar-refractivity contribution in [1.29, 1.82) is 0 Å². The zero-order valence-electron chi connectivity index (χ0n) is 16.9. The summed E-state index contributed by atoms with van der Waals surface area (Å²) >= 11 is 0. The zero-order valence-corrected chi connectivity index (χ0v) is 19.2. The molecule has 0 saturated heterocycles. The van der Waals surface area contributed by atoms with Crippen LogP contribution >= 0.6 is 24.0 Å². The molecule has 0 atom stereocenters. The molecule has 150 valence electrons. The number of rotatable bonds is 8. The highest BCUT2D eigenvalue weighted by Crippen LogP contribution is 2.16.